The highest BCUT2D eigenvalue weighted by Gasteiger charge is 2.23. The van der Waals surface area contributed by atoms with Crippen LogP contribution in [0.2, 0.25) is 0 Å². The first-order valence-corrected chi connectivity index (χ1v) is 7.21. The first kappa shape index (κ1) is 12.3. The zero-order chi connectivity index (χ0) is 13.1. The Bertz CT molecular complexity index is 555. The minimum Gasteiger partial charge on any atom is -0.367 e. The molecule has 4 nitrogen and oxygen atoms in total. The third-order valence-corrected chi connectivity index (χ3v) is 4.10. The van der Waals surface area contributed by atoms with Crippen LogP contribution in [0.25, 0.3) is 11.2 Å². The molecule has 1 aliphatic rings. The molecule has 4 heteroatoms. The molecule has 1 aliphatic carbocycles. The lowest BCUT2D eigenvalue weighted by Crippen LogP contribution is -2.32. The van der Waals surface area contributed by atoms with E-state index in [9.17, 15) is 0 Å². The number of nitrogens with one attached hydrogen (secondary N) is 1. The molecule has 2 unspecified atom stereocenters. The maximum Gasteiger partial charge on any atom is 0.180 e. The molecule has 2 atom stereocenters. The number of rotatable bonds is 3. The van der Waals surface area contributed by atoms with Crippen molar-refractivity contribution in [2.24, 2.45) is 5.92 Å². The SMILES string of the molecule is CCC1CCCCC1Nc1ccc2nccnc2n1. The molecule has 0 aliphatic heterocycles. The van der Waals surface area contributed by atoms with Crippen molar-refractivity contribution in [3.8, 4) is 0 Å². The average molecular weight is 256 g/mol. The molecule has 0 spiro atoms. The Kier molecular flexibility index (Phi) is 3.58. The lowest BCUT2D eigenvalue weighted by Gasteiger charge is -2.31. The Balaban J connectivity index is 1.80. The Morgan fingerprint density at radius 1 is 1.16 bits per heavy atom. The van der Waals surface area contributed by atoms with Gasteiger partial charge < -0.3 is 5.32 Å². The molecular formula is C15H20N4. The van der Waals surface area contributed by atoms with Crippen molar-refractivity contribution in [1.29, 1.82) is 0 Å². The molecule has 0 radical (unpaired) electrons. The average Bonchev–Trinajstić information content (AvgIpc) is 2.48. The fraction of sp³-hybridized carbons (Fsp3) is 0.533. The summed E-state index contributed by atoms with van der Waals surface area (Å²) in [6.45, 7) is 2.28. The van der Waals surface area contributed by atoms with Crippen LogP contribution in [0.5, 0.6) is 0 Å². The molecule has 2 aromatic rings. The van der Waals surface area contributed by atoms with Crippen molar-refractivity contribution < 1.29 is 0 Å². The number of nitrogens with zero attached hydrogens (tertiary/aromatic N) is 3. The molecule has 0 aromatic carbocycles. The first-order chi connectivity index (χ1) is 9.36. The fourth-order valence-corrected chi connectivity index (χ4v) is 3.01. The van der Waals surface area contributed by atoms with Crippen LogP contribution in [0, 0.1) is 5.92 Å². The second-order valence-electron chi connectivity index (χ2n) is 5.30. The van der Waals surface area contributed by atoms with E-state index in [-0.39, 0.29) is 0 Å². The van der Waals surface area contributed by atoms with Gasteiger partial charge >= 0.3 is 0 Å². The maximum atomic E-state index is 4.55. The van der Waals surface area contributed by atoms with Crippen LogP contribution >= 0.6 is 0 Å². The van der Waals surface area contributed by atoms with Gasteiger partial charge in [0.25, 0.3) is 0 Å². The monoisotopic (exact) mass is 256 g/mol. The number of aromatic nitrogens is 3. The highest BCUT2D eigenvalue weighted by molar-refractivity contribution is 5.71. The van der Waals surface area contributed by atoms with E-state index in [1.807, 2.05) is 12.1 Å². The second-order valence-corrected chi connectivity index (χ2v) is 5.30. The van der Waals surface area contributed by atoms with E-state index in [2.05, 4.69) is 27.2 Å². The van der Waals surface area contributed by atoms with Crippen LogP contribution in [0.4, 0.5) is 5.82 Å². The Morgan fingerprint density at radius 3 is 2.89 bits per heavy atom. The predicted octanol–water partition coefficient (Wildman–Crippen LogP) is 3.41. The quantitative estimate of drug-likeness (QED) is 0.914. The lowest BCUT2D eigenvalue weighted by molar-refractivity contribution is 0.317. The highest BCUT2D eigenvalue weighted by Crippen LogP contribution is 2.29. The van der Waals surface area contributed by atoms with Crippen LogP contribution < -0.4 is 5.32 Å². The summed E-state index contributed by atoms with van der Waals surface area (Å²) in [6.07, 6.45) is 9.90. The molecule has 0 bridgehead atoms. The lowest BCUT2D eigenvalue weighted by atomic mass is 9.83. The number of hydrogen-bond donors (Lipinski definition) is 1. The van der Waals surface area contributed by atoms with E-state index in [0.29, 0.717) is 6.04 Å². The summed E-state index contributed by atoms with van der Waals surface area (Å²) >= 11 is 0. The Morgan fingerprint density at radius 2 is 2.00 bits per heavy atom. The third kappa shape index (κ3) is 2.67. The molecule has 3 rings (SSSR count). The van der Waals surface area contributed by atoms with Crippen molar-refractivity contribution in [2.45, 2.75) is 45.1 Å². The van der Waals surface area contributed by atoms with E-state index in [1.165, 1.54) is 32.1 Å². The molecule has 1 saturated carbocycles. The summed E-state index contributed by atoms with van der Waals surface area (Å²) in [5.41, 5.74) is 1.57. The smallest absolute Gasteiger partial charge is 0.180 e. The molecule has 0 saturated heterocycles. The Labute approximate surface area is 113 Å². The van der Waals surface area contributed by atoms with E-state index in [1.54, 1.807) is 12.4 Å². The largest absolute Gasteiger partial charge is 0.367 e. The van der Waals surface area contributed by atoms with Crippen molar-refractivity contribution in [3.63, 3.8) is 0 Å². The molecule has 2 heterocycles. The van der Waals surface area contributed by atoms with Crippen molar-refractivity contribution in [1.82, 2.24) is 15.0 Å². The van der Waals surface area contributed by atoms with Gasteiger partial charge in [0.05, 0.1) is 0 Å². The molecule has 1 fully saturated rings. The van der Waals surface area contributed by atoms with Crippen LogP contribution in [-0.2, 0) is 0 Å². The van der Waals surface area contributed by atoms with Gasteiger partial charge in [-0.25, -0.2) is 9.97 Å². The number of anilines is 1. The van der Waals surface area contributed by atoms with Crippen LogP contribution in [0.15, 0.2) is 24.5 Å². The topological polar surface area (TPSA) is 50.7 Å². The zero-order valence-corrected chi connectivity index (χ0v) is 11.3. The van der Waals surface area contributed by atoms with Gasteiger partial charge in [-0.3, -0.25) is 4.98 Å². The summed E-state index contributed by atoms with van der Waals surface area (Å²) in [4.78, 5) is 13.1. The van der Waals surface area contributed by atoms with Gasteiger partial charge in [0.1, 0.15) is 11.3 Å². The van der Waals surface area contributed by atoms with E-state index in [4.69, 9.17) is 0 Å². The summed E-state index contributed by atoms with van der Waals surface area (Å²) in [5, 5.41) is 3.60. The fourth-order valence-electron chi connectivity index (χ4n) is 3.01. The zero-order valence-electron chi connectivity index (χ0n) is 11.3. The van der Waals surface area contributed by atoms with E-state index >= 15 is 0 Å². The summed E-state index contributed by atoms with van der Waals surface area (Å²) in [5.74, 6) is 1.70. The first-order valence-electron chi connectivity index (χ1n) is 7.21. The van der Waals surface area contributed by atoms with Crippen molar-refractivity contribution >= 4 is 17.0 Å². The summed E-state index contributed by atoms with van der Waals surface area (Å²) in [6, 6.07) is 4.56. The van der Waals surface area contributed by atoms with Crippen LogP contribution in [0.3, 0.4) is 0 Å². The molecule has 2 aromatic heterocycles. The van der Waals surface area contributed by atoms with Gasteiger partial charge in [0.15, 0.2) is 5.65 Å². The normalized spacial score (nSPS) is 23.4. The number of hydrogen-bond acceptors (Lipinski definition) is 4. The standard InChI is InChI=1S/C15H20N4/c1-2-11-5-3-4-6-12(11)18-14-8-7-13-15(19-14)17-10-9-16-13/h7-12H,2-6H2,1H3,(H,17,18,19). The molecular weight excluding hydrogens is 236 g/mol. The number of fused-ring (bicyclic) bond motifs is 1. The maximum absolute atomic E-state index is 4.55. The second kappa shape index (κ2) is 5.51. The van der Waals surface area contributed by atoms with Crippen molar-refractivity contribution in [2.75, 3.05) is 5.32 Å². The predicted molar refractivity (Wildman–Crippen MR) is 77.0 cm³/mol. The molecule has 1 N–H and O–H groups in total. The van der Waals surface area contributed by atoms with Crippen molar-refractivity contribution in [3.05, 3.63) is 24.5 Å². The van der Waals surface area contributed by atoms with Gasteiger partial charge in [-0.2, -0.15) is 0 Å². The summed E-state index contributed by atoms with van der Waals surface area (Å²) in [7, 11) is 0. The van der Waals surface area contributed by atoms with E-state index < -0.39 is 0 Å². The van der Waals surface area contributed by atoms with Gasteiger partial charge in [0, 0.05) is 18.4 Å². The minimum atomic E-state index is 0.556. The van der Waals surface area contributed by atoms with Gasteiger partial charge in [-0.05, 0) is 30.9 Å². The molecule has 0 amide bonds. The highest BCUT2D eigenvalue weighted by atomic mass is 15.0. The van der Waals surface area contributed by atoms with Gasteiger partial charge in [-0.1, -0.05) is 26.2 Å². The molecule has 100 valence electrons. The van der Waals surface area contributed by atoms with Crippen LogP contribution in [0.1, 0.15) is 39.0 Å². The third-order valence-electron chi connectivity index (χ3n) is 4.10. The molecule has 19 heavy (non-hydrogen) atoms. The van der Waals surface area contributed by atoms with Crippen LogP contribution in [-0.4, -0.2) is 21.0 Å². The minimum absolute atomic E-state index is 0.556. The van der Waals surface area contributed by atoms with Gasteiger partial charge in [-0.15, -0.1) is 0 Å². The summed E-state index contributed by atoms with van der Waals surface area (Å²) < 4.78 is 0. The Hall–Kier alpha value is -1.71. The number of pyridine rings is 1. The van der Waals surface area contributed by atoms with Gasteiger partial charge in [0.2, 0.25) is 0 Å². The van der Waals surface area contributed by atoms with E-state index in [0.717, 1.165) is 22.9 Å².